The Kier molecular flexibility index (Phi) is 5.76. The predicted octanol–water partition coefficient (Wildman–Crippen LogP) is 1.70. The van der Waals surface area contributed by atoms with Crippen molar-refractivity contribution in [3.05, 3.63) is 66.0 Å². The lowest BCUT2D eigenvalue weighted by atomic mass is 9.80. The second kappa shape index (κ2) is 8.49. The van der Waals surface area contributed by atoms with Crippen molar-refractivity contribution in [2.75, 3.05) is 40.3 Å². The third kappa shape index (κ3) is 4.04. The highest BCUT2D eigenvalue weighted by molar-refractivity contribution is 5.95. The molecule has 0 aliphatic carbocycles. The molecular formula is C24H28N4O3. The molecule has 0 spiro atoms. The number of hydrogen-bond donors (Lipinski definition) is 0. The molecule has 4 rings (SSSR count). The van der Waals surface area contributed by atoms with E-state index in [0.29, 0.717) is 44.6 Å². The van der Waals surface area contributed by atoms with Gasteiger partial charge in [0.1, 0.15) is 0 Å². The van der Waals surface area contributed by atoms with Crippen LogP contribution < -0.4 is 0 Å². The molecule has 7 nitrogen and oxygen atoms in total. The maximum absolute atomic E-state index is 13.2. The van der Waals surface area contributed by atoms with Gasteiger partial charge in [-0.2, -0.15) is 0 Å². The minimum absolute atomic E-state index is 0.0131. The van der Waals surface area contributed by atoms with Gasteiger partial charge in [0, 0.05) is 70.6 Å². The lowest BCUT2D eigenvalue weighted by Crippen LogP contribution is -2.48. The summed E-state index contributed by atoms with van der Waals surface area (Å²) in [6.45, 7) is 1.68. The van der Waals surface area contributed by atoms with Crippen molar-refractivity contribution in [3.63, 3.8) is 0 Å². The zero-order valence-electron chi connectivity index (χ0n) is 18.0. The molecule has 1 aromatic carbocycles. The first-order valence-electron chi connectivity index (χ1n) is 10.6. The molecule has 7 heteroatoms. The molecule has 2 aromatic rings. The number of pyridine rings is 1. The molecule has 0 radical (unpaired) electrons. The van der Waals surface area contributed by atoms with Crippen LogP contribution in [0.1, 0.15) is 22.3 Å². The molecule has 0 N–H and O–H groups in total. The minimum Gasteiger partial charge on any atom is -0.348 e. The Balaban J connectivity index is 1.48. The van der Waals surface area contributed by atoms with Gasteiger partial charge in [0.15, 0.2) is 0 Å². The van der Waals surface area contributed by atoms with Crippen LogP contribution in [0.25, 0.3) is 0 Å². The average Bonchev–Trinajstić information content (AvgIpc) is 3.33. The number of nitrogens with zero attached hydrogens (tertiary/aromatic N) is 4. The number of aromatic nitrogens is 1. The van der Waals surface area contributed by atoms with Crippen LogP contribution in [0.4, 0.5) is 0 Å². The summed E-state index contributed by atoms with van der Waals surface area (Å²) in [5.41, 5.74) is 0.955. The number of carbonyl (C=O) groups excluding carboxylic acids is 3. The second-order valence-corrected chi connectivity index (χ2v) is 8.73. The zero-order chi connectivity index (χ0) is 22.0. The molecule has 3 amide bonds. The number of amides is 3. The number of likely N-dealkylation sites (tertiary alicyclic amines) is 2. The fourth-order valence-electron chi connectivity index (χ4n) is 4.89. The van der Waals surface area contributed by atoms with Crippen molar-refractivity contribution in [1.29, 1.82) is 0 Å². The monoisotopic (exact) mass is 420 g/mol. The number of fused-ring (bicyclic) bond motifs is 1. The van der Waals surface area contributed by atoms with Gasteiger partial charge in [-0.15, -0.1) is 0 Å². The Labute approximate surface area is 182 Å². The van der Waals surface area contributed by atoms with Gasteiger partial charge in [-0.25, -0.2) is 0 Å². The molecule has 31 heavy (non-hydrogen) atoms. The molecule has 0 unspecified atom stereocenters. The van der Waals surface area contributed by atoms with Gasteiger partial charge in [0.05, 0.1) is 5.41 Å². The van der Waals surface area contributed by atoms with Crippen molar-refractivity contribution < 1.29 is 14.4 Å². The molecule has 0 bridgehead atoms. The van der Waals surface area contributed by atoms with Crippen LogP contribution in [0, 0.1) is 11.3 Å². The molecule has 2 atom stereocenters. The van der Waals surface area contributed by atoms with Gasteiger partial charge >= 0.3 is 0 Å². The van der Waals surface area contributed by atoms with Crippen molar-refractivity contribution >= 4 is 17.7 Å². The van der Waals surface area contributed by atoms with Crippen LogP contribution in [0.3, 0.4) is 0 Å². The van der Waals surface area contributed by atoms with Gasteiger partial charge in [-0.1, -0.05) is 30.3 Å². The molecule has 162 valence electrons. The average molecular weight is 421 g/mol. The highest BCUT2D eigenvalue weighted by Gasteiger charge is 2.59. The SMILES string of the molecule is CN(C)C(=O)[C@@]12CN(C(=O)CCc3ccccc3)C[C@@H]1CN(C(=O)c1ccncc1)C2. The quantitative estimate of drug-likeness (QED) is 0.738. The summed E-state index contributed by atoms with van der Waals surface area (Å²) in [5, 5.41) is 0. The van der Waals surface area contributed by atoms with Crippen LogP contribution in [0.2, 0.25) is 0 Å². The van der Waals surface area contributed by atoms with Crippen LogP contribution in [-0.4, -0.2) is 77.7 Å². The van der Waals surface area contributed by atoms with E-state index in [1.165, 1.54) is 0 Å². The summed E-state index contributed by atoms with van der Waals surface area (Å²) in [5.74, 6) is -0.101. The largest absolute Gasteiger partial charge is 0.348 e. The number of rotatable bonds is 5. The van der Waals surface area contributed by atoms with Gasteiger partial charge in [-0.05, 0) is 24.1 Å². The molecule has 1 aromatic heterocycles. The van der Waals surface area contributed by atoms with Crippen molar-refractivity contribution in [2.24, 2.45) is 11.3 Å². The predicted molar refractivity (Wildman–Crippen MR) is 116 cm³/mol. The summed E-state index contributed by atoms with van der Waals surface area (Å²) >= 11 is 0. The molecular weight excluding hydrogens is 392 g/mol. The maximum atomic E-state index is 13.2. The van der Waals surface area contributed by atoms with Crippen LogP contribution in [0.5, 0.6) is 0 Å². The minimum atomic E-state index is -0.741. The van der Waals surface area contributed by atoms with Gasteiger partial charge in [0.2, 0.25) is 11.8 Å². The second-order valence-electron chi connectivity index (χ2n) is 8.73. The number of hydrogen-bond acceptors (Lipinski definition) is 4. The molecule has 3 heterocycles. The van der Waals surface area contributed by atoms with E-state index in [0.717, 1.165) is 5.56 Å². The van der Waals surface area contributed by atoms with Crippen LogP contribution >= 0.6 is 0 Å². The molecule has 0 saturated carbocycles. The van der Waals surface area contributed by atoms with E-state index < -0.39 is 5.41 Å². The van der Waals surface area contributed by atoms with Crippen LogP contribution in [0.15, 0.2) is 54.9 Å². The molecule has 2 fully saturated rings. The smallest absolute Gasteiger partial charge is 0.254 e. The lowest BCUT2D eigenvalue weighted by molar-refractivity contribution is -0.140. The van der Waals surface area contributed by atoms with E-state index >= 15 is 0 Å². The highest BCUT2D eigenvalue weighted by Crippen LogP contribution is 2.44. The Bertz CT molecular complexity index is 963. The zero-order valence-corrected chi connectivity index (χ0v) is 18.0. The highest BCUT2D eigenvalue weighted by atomic mass is 16.2. The first-order valence-corrected chi connectivity index (χ1v) is 10.6. The van der Waals surface area contributed by atoms with Crippen molar-refractivity contribution in [2.45, 2.75) is 12.8 Å². The fourth-order valence-corrected chi connectivity index (χ4v) is 4.89. The first-order chi connectivity index (χ1) is 14.9. The standard InChI is InChI=1S/C24H28N4O3/c1-26(2)23(31)24-16-27(21(29)9-8-18-6-4-3-5-7-18)14-20(24)15-28(17-24)22(30)19-10-12-25-13-11-19/h3-7,10-13,20H,8-9,14-17H2,1-2H3/t20-,24-/m1/s1. The maximum Gasteiger partial charge on any atom is 0.254 e. The summed E-state index contributed by atoms with van der Waals surface area (Å²) in [4.78, 5) is 48.3. The molecule has 2 aliphatic heterocycles. The number of aryl methyl sites for hydroxylation is 1. The van der Waals surface area contributed by atoms with E-state index in [9.17, 15) is 14.4 Å². The Morgan fingerprint density at radius 2 is 1.65 bits per heavy atom. The molecule has 2 saturated heterocycles. The summed E-state index contributed by atoms with van der Waals surface area (Å²) in [6, 6.07) is 13.3. The van der Waals surface area contributed by atoms with E-state index in [4.69, 9.17) is 0 Å². The topological polar surface area (TPSA) is 73.8 Å². The van der Waals surface area contributed by atoms with E-state index in [-0.39, 0.29) is 23.6 Å². The Morgan fingerprint density at radius 3 is 2.32 bits per heavy atom. The third-order valence-electron chi connectivity index (χ3n) is 6.48. The summed E-state index contributed by atoms with van der Waals surface area (Å²) in [6.07, 6.45) is 4.29. The van der Waals surface area contributed by atoms with E-state index in [1.807, 2.05) is 35.2 Å². The number of benzene rings is 1. The number of carbonyl (C=O) groups is 3. The third-order valence-corrected chi connectivity index (χ3v) is 6.48. The fraction of sp³-hybridized carbons (Fsp3) is 0.417. The van der Waals surface area contributed by atoms with E-state index in [1.54, 1.807) is 48.4 Å². The van der Waals surface area contributed by atoms with Gasteiger partial charge < -0.3 is 14.7 Å². The summed E-state index contributed by atoms with van der Waals surface area (Å²) in [7, 11) is 3.47. The summed E-state index contributed by atoms with van der Waals surface area (Å²) < 4.78 is 0. The van der Waals surface area contributed by atoms with Crippen molar-refractivity contribution in [1.82, 2.24) is 19.7 Å². The Morgan fingerprint density at radius 1 is 1.00 bits per heavy atom. The normalized spacial score (nSPS) is 22.3. The first kappa shape index (κ1) is 21.0. The van der Waals surface area contributed by atoms with Gasteiger partial charge in [0.25, 0.3) is 5.91 Å². The van der Waals surface area contributed by atoms with E-state index in [2.05, 4.69) is 4.98 Å². The van der Waals surface area contributed by atoms with Crippen LogP contribution in [-0.2, 0) is 16.0 Å². The Hall–Kier alpha value is -3.22. The molecule has 2 aliphatic rings. The van der Waals surface area contributed by atoms with Gasteiger partial charge in [-0.3, -0.25) is 19.4 Å². The lowest BCUT2D eigenvalue weighted by Gasteiger charge is -2.30. The van der Waals surface area contributed by atoms with Crippen molar-refractivity contribution in [3.8, 4) is 0 Å².